The van der Waals surface area contributed by atoms with Crippen LogP contribution >= 0.6 is 0 Å². The largest absolute Gasteiger partial charge is 0.338 e. The van der Waals surface area contributed by atoms with Gasteiger partial charge in [0.15, 0.2) is 0 Å². The van der Waals surface area contributed by atoms with Crippen molar-refractivity contribution in [2.75, 3.05) is 13.1 Å². The Hall–Kier alpha value is -3.72. The number of hydrogen-bond donors (Lipinski definition) is 0. The summed E-state index contributed by atoms with van der Waals surface area (Å²) in [6, 6.07) is 18.6. The van der Waals surface area contributed by atoms with Gasteiger partial charge in [0.1, 0.15) is 5.82 Å². The average Bonchev–Trinajstić information content (AvgIpc) is 2.80. The molecule has 3 aromatic rings. The molecule has 2 aromatic carbocycles. The van der Waals surface area contributed by atoms with Crippen LogP contribution in [-0.4, -0.2) is 28.5 Å². The lowest BCUT2D eigenvalue weighted by molar-refractivity contribution is 0.0594. The van der Waals surface area contributed by atoms with Crippen molar-refractivity contribution in [1.29, 1.82) is 5.26 Å². The second-order valence-corrected chi connectivity index (χ2v) is 8.30. The molecule has 31 heavy (non-hydrogen) atoms. The number of aromatic nitrogens is 1. The molecule has 1 saturated heterocycles. The summed E-state index contributed by atoms with van der Waals surface area (Å²) in [5.41, 5.74) is 3.21. The van der Waals surface area contributed by atoms with Crippen molar-refractivity contribution in [3.8, 4) is 17.2 Å². The number of fused-ring (bicyclic) bond motifs is 4. The molecule has 0 aliphatic carbocycles. The molecule has 2 aliphatic rings. The first-order valence-corrected chi connectivity index (χ1v) is 10.3. The molecule has 154 valence electrons. The number of carbonyl (C=O) groups excluding carboxylic acids is 1. The second kappa shape index (κ2) is 7.51. The topological polar surface area (TPSA) is 66.1 Å². The Morgan fingerprint density at radius 3 is 2.61 bits per heavy atom. The summed E-state index contributed by atoms with van der Waals surface area (Å²) in [7, 11) is 0. The molecule has 2 atom stereocenters. The number of nitrogens with zero attached hydrogens (tertiary/aromatic N) is 3. The average molecular weight is 413 g/mol. The van der Waals surface area contributed by atoms with Crippen LogP contribution < -0.4 is 5.56 Å². The van der Waals surface area contributed by atoms with Crippen LogP contribution in [0.3, 0.4) is 0 Å². The van der Waals surface area contributed by atoms with E-state index in [1.807, 2.05) is 27.7 Å². The highest BCUT2D eigenvalue weighted by Crippen LogP contribution is 2.36. The number of pyridine rings is 1. The highest BCUT2D eigenvalue weighted by Gasteiger charge is 2.37. The van der Waals surface area contributed by atoms with Gasteiger partial charge >= 0.3 is 0 Å². The van der Waals surface area contributed by atoms with Gasteiger partial charge in [0.05, 0.1) is 11.6 Å². The number of amides is 1. The van der Waals surface area contributed by atoms with E-state index in [9.17, 15) is 14.0 Å². The molecular formula is C25H20FN3O2. The molecule has 0 N–H and O–H groups in total. The fourth-order valence-electron chi connectivity index (χ4n) is 4.86. The van der Waals surface area contributed by atoms with Crippen LogP contribution in [0.25, 0.3) is 11.1 Å². The van der Waals surface area contributed by atoms with E-state index in [0.717, 1.165) is 17.7 Å². The molecule has 3 heterocycles. The normalized spacial score (nSPS) is 19.4. The number of likely N-dealkylation sites (tertiary alicyclic amines) is 1. The molecule has 0 spiro atoms. The van der Waals surface area contributed by atoms with Crippen LogP contribution in [0.2, 0.25) is 0 Å². The monoisotopic (exact) mass is 413 g/mol. The van der Waals surface area contributed by atoms with Gasteiger partial charge in [-0.1, -0.05) is 12.1 Å². The van der Waals surface area contributed by atoms with E-state index in [1.165, 1.54) is 24.3 Å². The molecule has 0 unspecified atom stereocenters. The highest BCUT2D eigenvalue weighted by atomic mass is 19.1. The molecule has 2 bridgehead atoms. The molecule has 1 amide bonds. The first-order valence-electron chi connectivity index (χ1n) is 10.3. The zero-order chi connectivity index (χ0) is 21.5. The van der Waals surface area contributed by atoms with Crippen molar-refractivity contribution in [2.45, 2.75) is 18.9 Å². The van der Waals surface area contributed by atoms with E-state index in [-0.39, 0.29) is 29.1 Å². The van der Waals surface area contributed by atoms with E-state index >= 15 is 0 Å². The van der Waals surface area contributed by atoms with E-state index in [4.69, 9.17) is 5.26 Å². The van der Waals surface area contributed by atoms with E-state index in [1.54, 1.807) is 18.2 Å². The maximum absolute atomic E-state index is 13.3. The van der Waals surface area contributed by atoms with Crippen molar-refractivity contribution in [2.24, 2.45) is 5.92 Å². The lowest BCUT2D eigenvalue weighted by Crippen LogP contribution is -2.49. The minimum atomic E-state index is -0.364. The Labute approximate surface area is 179 Å². The van der Waals surface area contributed by atoms with Crippen LogP contribution in [0.15, 0.2) is 65.5 Å². The number of benzene rings is 2. The van der Waals surface area contributed by atoms with Crippen molar-refractivity contribution >= 4 is 5.91 Å². The molecule has 1 aromatic heterocycles. The summed E-state index contributed by atoms with van der Waals surface area (Å²) in [5.74, 6) is -0.190. The number of carbonyl (C=O) groups is 1. The van der Waals surface area contributed by atoms with Crippen LogP contribution in [0, 0.1) is 23.1 Å². The summed E-state index contributed by atoms with van der Waals surface area (Å²) in [5, 5.41) is 9.16. The van der Waals surface area contributed by atoms with Crippen molar-refractivity contribution in [3.63, 3.8) is 0 Å². The number of hydrogen-bond acceptors (Lipinski definition) is 3. The number of nitriles is 1. The molecule has 1 fully saturated rings. The standard InChI is InChI=1S/C25H20FN3O2/c26-21-6-4-18(5-7-21)24(30)28-13-17-11-20(15-28)23-9-8-22(25(31)29(23)14-17)19-3-1-2-16(10-19)12-27/h1-10,17,20H,11,13-15H2/t17-,20-/m1/s1. The summed E-state index contributed by atoms with van der Waals surface area (Å²) < 4.78 is 15.0. The SMILES string of the molecule is N#Cc1cccc(-c2ccc3n(c2=O)C[C@@H]2C[C@@H]3CN(C(=O)c3ccc(F)cc3)C2)c1. The molecular weight excluding hydrogens is 393 g/mol. The zero-order valence-corrected chi connectivity index (χ0v) is 16.8. The smallest absolute Gasteiger partial charge is 0.258 e. The Morgan fingerprint density at radius 2 is 1.84 bits per heavy atom. The van der Waals surface area contributed by atoms with E-state index < -0.39 is 0 Å². The highest BCUT2D eigenvalue weighted by molar-refractivity contribution is 5.94. The van der Waals surface area contributed by atoms with Crippen molar-refractivity contribution < 1.29 is 9.18 Å². The molecule has 0 saturated carbocycles. The number of halogens is 1. The summed E-state index contributed by atoms with van der Waals surface area (Å²) in [6.07, 6.45) is 0.940. The van der Waals surface area contributed by atoms with E-state index in [0.29, 0.717) is 36.3 Å². The van der Waals surface area contributed by atoms with Gasteiger partial charge < -0.3 is 9.47 Å². The summed E-state index contributed by atoms with van der Waals surface area (Å²) in [6.45, 7) is 1.67. The van der Waals surface area contributed by atoms with Crippen LogP contribution in [-0.2, 0) is 6.54 Å². The fourth-order valence-corrected chi connectivity index (χ4v) is 4.86. The van der Waals surface area contributed by atoms with Gasteiger partial charge in [0.2, 0.25) is 0 Å². The lowest BCUT2D eigenvalue weighted by Gasteiger charge is -2.43. The van der Waals surface area contributed by atoms with Gasteiger partial charge in [-0.3, -0.25) is 9.59 Å². The predicted octanol–water partition coefficient (Wildman–Crippen LogP) is 3.79. The Kier molecular flexibility index (Phi) is 4.67. The molecule has 5 rings (SSSR count). The third-order valence-corrected chi connectivity index (χ3v) is 6.29. The quantitative estimate of drug-likeness (QED) is 0.642. The van der Waals surface area contributed by atoms with Gasteiger partial charge in [-0.2, -0.15) is 5.26 Å². The zero-order valence-electron chi connectivity index (χ0n) is 16.8. The minimum Gasteiger partial charge on any atom is -0.338 e. The van der Waals surface area contributed by atoms with Crippen LogP contribution in [0.4, 0.5) is 4.39 Å². The second-order valence-electron chi connectivity index (χ2n) is 8.30. The van der Waals surface area contributed by atoms with Gasteiger partial charge in [-0.05, 0) is 66.4 Å². The summed E-state index contributed by atoms with van der Waals surface area (Å²) >= 11 is 0. The van der Waals surface area contributed by atoms with Gasteiger partial charge in [-0.25, -0.2) is 4.39 Å². The van der Waals surface area contributed by atoms with Crippen molar-refractivity contribution in [1.82, 2.24) is 9.47 Å². The van der Waals surface area contributed by atoms with Crippen LogP contribution in [0.1, 0.15) is 34.0 Å². The first-order chi connectivity index (χ1) is 15.0. The van der Waals surface area contributed by atoms with Gasteiger partial charge in [0.25, 0.3) is 11.5 Å². The Morgan fingerprint density at radius 1 is 1.03 bits per heavy atom. The fraction of sp³-hybridized carbons (Fsp3) is 0.240. The minimum absolute atomic E-state index is 0.0550. The maximum Gasteiger partial charge on any atom is 0.258 e. The Bertz CT molecular complexity index is 1270. The molecule has 2 aliphatic heterocycles. The maximum atomic E-state index is 13.3. The number of rotatable bonds is 2. The van der Waals surface area contributed by atoms with Crippen LogP contribution in [0.5, 0.6) is 0 Å². The molecule has 5 nitrogen and oxygen atoms in total. The van der Waals surface area contributed by atoms with E-state index in [2.05, 4.69) is 6.07 Å². The van der Waals surface area contributed by atoms with Gasteiger partial charge in [0, 0.05) is 42.4 Å². The third-order valence-electron chi connectivity index (χ3n) is 6.29. The lowest BCUT2D eigenvalue weighted by atomic mass is 9.82. The summed E-state index contributed by atoms with van der Waals surface area (Å²) in [4.78, 5) is 28.0. The third kappa shape index (κ3) is 3.42. The number of piperidine rings is 1. The van der Waals surface area contributed by atoms with Crippen molar-refractivity contribution in [3.05, 3.63) is 93.7 Å². The Balaban J connectivity index is 1.46. The predicted molar refractivity (Wildman–Crippen MR) is 114 cm³/mol. The first kappa shape index (κ1) is 19.3. The molecule has 0 radical (unpaired) electrons. The van der Waals surface area contributed by atoms with Gasteiger partial charge in [-0.15, -0.1) is 0 Å². The molecule has 6 heteroatoms.